The van der Waals surface area contributed by atoms with Crippen molar-refractivity contribution in [3.63, 3.8) is 0 Å². The van der Waals surface area contributed by atoms with E-state index >= 15 is 50.5 Å². The maximum atomic E-state index is 15.2. The fraction of sp³-hybridized carbons (Fsp3) is 0.875. The number of hydrogen-bond acceptors (Lipinski definition) is 12. The van der Waals surface area contributed by atoms with Gasteiger partial charge in [0.1, 0.15) is 29.4 Å². The van der Waals surface area contributed by atoms with Crippen molar-refractivity contribution < 1.29 is 50.5 Å². The second-order valence-electron chi connectivity index (χ2n) is 18.4. The van der Waals surface area contributed by atoms with Gasteiger partial charge in [0, 0.05) is 0 Å². The van der Waals surface area contributed by atoms with Crippen molar-refractivity contribution in [1.29, 1.82) is 0 Å². The van der Waals surface area contributed by atoms with Crippen LogP contribution in [0.25, 0.3) is 0 Å². The van der Waals surface area contributed by atoms with Crippen LogP contribution in [0.1, 0.15) is 234 Å². The van der Waals surface area contributed by atoms with Crippen LogP contribution in [0.15, 0.2) is 29.4 Å². The van der Waals surface area contributed by atoms with E-state index < -0.39 is 123 Å². The molecular weight excluding hydrogens is 961 g/mol. The molecule has 0 aliphatic carbocycles. The Morgan fingerprint density at radius 1 is 0.182 bits per heavy atom. The van der Waals surface area contributed by atoms with Crippen LogP contribution in [0.4, 0.5) is 0 Å². The Morgan fingerprint density at radius 2 is 0.288 bits per heavy atom. The first kappa shape index (κ1) is 62.9. The molecule has 18 heteroatoms. The molecule has 0 unspecified atom stereocenters. The number of hydrogen-bond donors (Lipinski definition) is 0. The molecule has 0 fully saturated rings. The van der Waals surface area contributed by atoms with E-state index in [0.717, 1.165) is 77.0 Å². The molecule has 0 amide bonds. The Bertz CT molecular complexity index is 1800. The SMILES string of the molecule is CCCCCCCS(=O)(=O)c1c(S(=O)(=O)CCCCCCC)c(S(=O)(=O)CCCCCCC)c(S(=O)(=O)CCCCCCC)c(S(=O)(=O)CCCCCCC)c1S(=O)(=O)CCCCCCC. The lowest BCUT2D eigenvalue weighted by Crippen LogP contribution is -2.30. The van der Waals surface area contributed by atoms with Gasteiger partial charge in [-0.3, -0.25) is 0 Å². The van der Waals surface area contributed by atoms with Gasteiger partial charge in [0.05, 0.1) is 34.5 Å². The van der Waals surface area contributed by atoms with Gasteiger partial charge in [0.15, 0.2) is 59.0 Å². The summed E-state index contributed by atoms with van der Waals surface area (Å²) in [4.78, 5) is -8.27. The molecule has 0 heterocycles. The normalized spacial score (nSPS) is 13.2. The molecule has 66 heavy (non-hydrogen) atoms. The minimum Gasteiger partial charge on any atom is -0.224 e. The van der Waals surface area contributed by atoms with Crippen molar-refractivity contribution in [3.05, 3.63) is 0 Å². The monoisotopic (exact) mass is 1050 g/mol. The average molecular weight is 1050 g/mol. The predicted molar refractivity (Wildman–Crippen MR) is 271 cm³/mol. The van der Waals surface area contributed by atoms with Gasteiger partial charge in [-0.1, -0.05) is 196 Å². The Balaban J connectivity index is 5.06. The fourth-order valence-electron chi connectivity index (χ4n) is 8.30. The number of sulfone groups is 6. The topological polar surface area (TPSA) is 205 Å². The third kappa shape index (κ3) is 21.1. The molecule has 1 rings (SSSR count). The summed E-state index contributed by atoms with van der Waals surface area (Å²) in [7, 11) is -30.9. The Hall–Kier alpha value is -1.08. The molecule has 0 aliphatic rings. The highest BCUT2D eigenvalue weighted by molar-refractivity contribution is 7.99. The van der Waals surface area contributed by atoms with Crippen molar-refractivity contribution in [2.45, 2.75) is 264 Å². The first-order valence-electron chi connectivity index (χ1n) is 25.7. The third-order valence-corrected chi connectivity index (χ3v) is 24.1. The van der Waals surface area contributed by atoms with Crippen molar-refractivity contribution in [2.75, 3.05) is 34.5 Å². The molecule has 12 nitrogen and oxygen atoms in total. The molecule has 1 aromatic rings. The Kier molecular flexibility index (Phi) is 30.5. The average Bonchev–Trinajstić information content (AvgIpc) is 3.24. The van der Waals surface area contributed by atoms with Gasteiger partial charge >= 0.3 is 0 Å². The largest absolute Gasteiger partial charge is 0.224 e. The van der Waals surface area contributed by atoms with Crippen LogP contribution >= 0.6 is 0 Å². The Morgan fingerprint density at radius 3 is 0.394 bits per heavy atom. The molecule has 0 aliphatic heterocycles. The summed E-state index contributed by atoms with van der Waals surface area (Å²) in [6, 6.07) is 0. The van der Waals surface area contributed by atoms with Crippen LogP contribution in [0.5, 0.6) is 0 Å². The molecule has 0 bridgehead atoms. The van der Waals surface area contributed by atoms with E-state index in [2.05, 4.69) is 0 Å². The maximum absolute atomic E-state index is 15.2. The number of benzene rings is 1. The van der Waals surface area contributed by atoms with E-state index in [1.54, 1.807) is 0 Å². The maximum Gasteiger partial charge on any atom is 0.181 e. The zero-order valence-corrected chi connectivity index (χ0v) is 46.7. The highest BCUT2D eigenvalue weighted by Crippen LogP contribution is 2.47. The standard InChI is InChI=1S/C48H90O12S6/c1-7-13-19-25-31-37-61(49,50)43-44(62(51,52)38-32-26-20-14-8-2)46(64(55,56)40-34-28-22-16-10-4)48(66(59,60)42-36-30-24-18-12-6)47(65(57,58)41-35-29-23-17-11-5)45(43)63(53,54)39-33-27-21-15-9-3/h7-42H2,1-6H3. The van der Waals surface area contributed by atoms with E-state index in [4.69, 9.17) is 0 Å². The lowest BCUT2D eigenvalue weighted by atomic mass is 10.2. The second-order valence-corrected chi connectivity index (χ2v) is 30.6. The van der Waals surface area contributed by atoms with Crippen LogP contribution in [-0.4, -0.2) is 85.0 Å². The van der Waals surface area contributed by atoms with Crippen LogP contribution in [0.2, 0.25) is 0 Å². The summed E-state index contributed by atoms with van der Waals surface area (Å²) in [5.41, 5.74) is 0. The molecule has 1 aromatic carbocycles. The molecule has 0 saturated carbocycles. The van der Waals surface area contributed by atoms with Crippen LogP contribution < -0.4 is 0 Å². The Labute approximate surface area is 405 Å². The molecule has 390 valence electrons. The lowest BCUT2D eigenvalue weighted by molar-refractivity contribution is 0.533. The van der Waals surface area contributed by atoms with Crippen LogP contribution in [0.3, 0.4) is 0 Å². The van der Waals surface area contributed by atoms with E-state index in [1.807, 2.05) is 41.5 Å². The van der Waals surface area contributed by atoms with Gasteiger partial charge in [0.2, 0.25) is 0 Å². The zero-order chi connectivity index (χ0) is 49.9. The second kappa shape index (κ2) is 32.0. The number of unbranched alkanes of at least 4 members (excludes halogenated alkanes) is 24. The molecule has 0 atom stereocenters. The molecule has 0 N–H and O–H groups in total. The van der Waals surface area contributed by atoms with E-state index in [1.165, 1.54) is 0 Å². The van der Waals surface area contributed by atoms with Gasteiger partial charge in [0.25, 0.3) is 0 Å². The van der Waals surface area contributed by atoms with Crippen molar-refractivity contribution in [1.82, 2.24) is 0 Å². The summed E-state index contributed by atoms with van der Waals surface area (Å²) in [6.45, 7) is 11.8. The molecule has 0 spiro atoms. The summed E-state index contributed by atoms with van der Waals surface area (Å²) in [5.74, 6) is -4.80. The van der Waals surface area contributed by atoms with Crippen molar-refractivity contribution in [2.24, 2.45) is 0 Å². The lowest BCUT2D eigenvalue weighted by Gasteiger charge is -2.26. The van der Waals surface area contributed by atoms with Gasteiger partial charge < -0.3 is 0 Å². The highest BCUT2D eigenvalue weighted by Gasteiger charge is 2.49. The minimum absolute atomic E-state index is 0.0494. The van der Waals surface area contributed by atoms with Gasteiger partial charge in [-0.25, -0.2) is 50.5 Å². The summed E-state index contributed by atoms with van der Waals surface area (Å²) in [6.07, 6.45) is 15.1. The quantitative estimate of drug-likeness (QED) is 0.0561. The highest BCUT2D eigenvalue weighted by atomic mass is 32.2. The van der Waals surface area contributed by atoms with E-state index in [9.17, 15) is 0 Å². The summed E-state index contributed by atoms with van der Waals surface area (Å²) < 4.78 is 183. The summed E-state index contributed by atoms with van der Waals surface area (Å²) >= 11 is 0. The first-order valence-corrected chi connectivity index (χ1v) is 35.6. The van der Waals surface area contributed by atoms with Crippen molar-refractivity contribution >= 4 is 59.0 Å². The van der Waals surface area contributed by atoms with E-state index in [0.29, 0.717) is 77.0 Å². The first-order chi connectivity index (χ1) is 31.1. The van der Waals surface area contributed by atoms with Gasteiger partial charge in [-0.2, -0.15) is 0 Å². The molecule has 0 saturated heterocycles. The summed E-state index contributed by atoms with van der Waals surface area (Å²) in [5, 5.41) is 0. The molecule has 0 radical (unpaired) electrons. The zero-order valence-electron chi connectivity index (χ0n) is 41.8. The van der Waals surface area contributed by atoms with E-state index in [-0.39, 0.29) is 38.5 Å². The van der Waals surface area contributed by atoms with Crippen LogP contribution in [0, 0.1) is 0 Å². The fourth-order valence-corrected chi connectivity index (χ4v) is 22.6. The predicted octanol–water partition coefficient (Wildman–Crippen LogP) is 12.2. The van der Waals surface area contributed by atoms with Gasteiger partial charge in [-0.15, -0.1) is 0 Å². The molecule has 0 aromatic heterocycles. The smallest absolute Gasteiger partial charge is 0.181 e. The minimum atomic E-state index is -5.16. The third-order valence-electron chi connectivity index (χ3n) is 12.2. The van der Waals surface area contributed by atoms with Gasteiger partial charge in [-0.05, 0) is 38.5 Å². The molecular formula is C48H90O12S6. The number of rotatable bonds is 42. The van der Waals surface area contributed by atoms with Crippen LogP contribution in [-0.2, 0) is 59.0 Å². The van der Waals surface area contributed by atoms with Crippen molar-refractivity contribution in [3.8, 4) is 0 Å².